The zero-order chi connectivity index (χ0) is 13.0. The minimum absolute atomic E-state index is 0.129. The first kappa shape index (κ1) is 13.1. The van der Waals surface area contributed by atoms with Gasteiger partial charge in [-0.25, -0.2) is 0 Å². The van der Waals surface area contributed by atoms with Gasteiger partial charge in [-0.05, 0) is 42.3 Å². The minimum atomic E-state index is 0.129. The van der Waals surface area contributed by atoms with E-state index in [0.717, 1.165) is 10.2 Å². The second kappa shape index (κ2) is 6.03. The van der Waals surface area contributed by atoms with Gasteiger partial charge in [0.05, 0.1) is 6.04 Å². The van der Waals surface area contributed by atoms with E-state index in [0.29, 0.717) is 6.54 Å². The summed E-state index contributed by atoms with van der Waals surface area (Å²) in [7, 11) is 0. The van der Waals surface area contributed by atoms with Gasteiger partial charge in [-0.3, -0.25) is 0 Å². The summed E-state index contributed by atoms with van der Waals surface area (Å²) in [4.78, 5) is 0. The zero-order valence-corrected chi connectivity index (χ0v) is 11.9. The molecule has 2 aromatic rings. The van der Waals surface area contributed by atoms with Crippen molar-refractivity contribution in [2.45, 2.75) is 13.0 Å². The Bertz CT molecular complexity index is 525. The van der Waals surface area contributed by atoms with Crippen molar-refractivity contribution in [3.8, 4) is 0 Å². The summed E-state index contributed by atoms with van der Waals surface area (Å²) in [6.45, 7) is 2.64. The summed E-state index contributed by atoms with van der Waals surface area (Å²) in [6, 6.07) is 16.7. The maximum absolute atomic E-state index is 5.86. The predicted molar refractivity (Wildman–Crippen MR) is 80.7 cm³/mol. The number of hydrogen-bond donors (Lipinski definition) is 2. The Balaban J connectivity index is 2.19. The molecule has 3 heteroatoms. The smallest absolute Gasteiger partial charge is 0.0636 e. The lowest BCUT2D eigenvalue weighted by Gasteiger charge is -2.19. The van der Waals surface area contributed by atoms with Crippen LogP contribution >= 0.6 is 15.9 Å². The van der Waals surface area contributed by atoms with Gasteiger partial charge in [-0.15, -0.1) is 0 Å². The van der Waals surface area contributed by atoms with Gasteiger partial charge in [0.25, 0.3) is 0 Å². The molecule has 0 radical (unpaired) electrons. The van der Waals surface area contributed by atoms with Gasteiger partial charge in [0.2, 0.25) is 0 Å². The molecule has 2 aromatic carbocycles. The molecule has 1 unspecified atom stereocenters. The molecule has 0 amide bonds. The van der Waals surface area contributed by atoms with Crippen LogP contribution in [0.25, 0.3) is 0 Å². The van der Waals surface area contributed by atoms with Gasteiger partial charge >= 0.3 is 0 Å². The highest BCUT2D eigenvalue weighted by Gasteiger charge is 2.09. The molecule has 0 aliphatic rings. The van der Waals surface area contributed by atoms with Crippen LogP contribution in [0.3, 0.4) is 0 Å². The van der Waals surface area contributed by atoms with Crippen molar-refractivity contribution in [2.75, 3.05) is 11.9 Å². The number of rotatable bonds is 4. The van der Waals surface area contributed by atoms with E-state index in [1.54, 1.807) is 0 Å². The first-order valence-electron chi connectivity index (χ1n) is 5.98. The molecule has 1 atom stereocenters. The molecule has 0 heterocycles. The highest BCUT2D eigenvalue weighted by molar-refractivity contribution is 9.10. The lowest BCUT2D eigenvalue weighted by molar-refractivity contribution is 0.789. The van der Waals surface area contributed by atoms with Crippen LogP contribution in [-0.4, -0.2) is 6.54 Å². The van der Waals surface area contributed by atoms with Crippen LogP contribution < -0.4 is 11.1 Å². The lowest BCUT2D eigenvalue weighted by Crippen LogP contribution is -2.20. The third-order valence-electron chi connectivity index (χ3n) is 2.85. The maximum atomic E-state index is 5.86. The van der Waals surface area contributed by atoms with Gasteiger partial charge in [-0.2, -0.15) is 0 Å². The van der Waals surface area contributed by atoms with Crippen LogP contribution in [0.15, 0.2) is 53.0 Å². The number of hydrogen-bond acceptors (Lipinski definition) is 2. The second-order valence-corrected chi connectivity index (χ2v) is 5.27. The van der Waals surface area contributed by atoms with E-state index in [4.69, 9.17) is 5.73 Å². The Morgan fingerprint density at radius 2 is 1.94 bits per heavy atom. The molecule has 18 heavy (non-hydrogen) atoms. The van der Waals surface area contributed by atoms with Crippen LogP contribution in [0, 0.1) is 6.92 Å². The molecule has 2 nitrogen and oxygen atoms in total. The fourth-order valence-corrected chi connectivity index (χ4v) is 2.35. The van der Waals surface area contributed by atoms with E-state index >= 15 is 0 Å². The van der Waals surface area contributed by atoms with Gasteiger partial charge < -0.3 is 11.1 Å². The Kier molecular flexibility index (Phi) is 4.39. The normalized spacial score (nSPS) is 12.2. The molecule has 0 aromatic heterocycles. The average Bonchev–Trinajstić information content (AvgIpc) is 2.36. The third kappa shape index (κ3) is 3.34. The summed E-state index contributed by atoms with van der Waals surface area (Å²) < 4.78 is 1.07. The first-order valence-corrected chi connectivity index (χ1v) is 6.77. The molecular formula is C15H17BrN2. The summed E-state index contributed by atoms with van der Waals surface area (Å²) in [5.41, 5.74) is 9.39. The summed E-state index contributed by atoms with van der Waals surface area (Å²) in [5.74, 6) is 0. The standard InChI is InChI=1S/C15H17BrN2/c1-11-4-2-7-14(8-11)18-15(10-17)12-5-3-6-13(16)9-12/h2-9,15,18H,10,17H2,1H3. The molecule has 0 aliphatic carbocycles. The van der Waals surface area contributed by atoms with E-state index in [9.17, 15) is 0 Å². The van der Waals surface area contributed by atoms with Gasteiger partial charge in [0.1, 0.15) is 0 Å². The Morgan fingerprint density at radius 3 is 2.61 bits per heavy atom. The molecule has 0 fully saturated rings. The van der Waals surface area contributed by atoms with Gasteiger partial charge in [0, 0.05) is 16.7 Å². The van der Waals surface area contributed by atoms with Gasteiger partial charge in [-0.1, -0.05) is 40.2 Å². The topological polar surface area (TPSA) is 38.0 Å². The van der Waals surface area contributed by atoms with E-state index in [2.05, 4.69) is 58.5 Å². The van der Waals surface area contributed by atoms with Crippen molar-refractivity contribution in [3.63, 3.8) is 0 Å². The number of halogens is 1. The SMILES string of the molecule is Cc1cccc(NC(CN)c2cccc(Br)c2)c1. The Morgan fingerprint density at radius 1 is 1.17 bits per heavy atom. The molecule has 0 spiro atoms. The molecule has 2 rings (SSSR count). The van der Waals surface area contributed by atoms with Gasteiger partial charge in [0.15, 0.2) is 0 Å². The second-order valence-electron chi connectivity index (χ2n) is 4.36. The van der Waals surface area contributed by atoms with Crippen molar-refractivity contribution in [1.29, 1.82) is 0 Å². The number of nitrogens with one attached hydrogen (secondary N) is 1. The molecule has 94 valence electrons. The van der Waals surface area contributed by atoms with E-state index in [-0.39, 0.29) is 6.04 Å². The Hall–Kier alpha value is -1.32. The number of benzene rings is 2. The third-order valence-corrected chi connectivity index (χ3v) is 3.34. The fourth-order valence-electron chi connectivity index (χ4n) is 1.94. The lowest BCUT2D eigenvalue weighted by atomic mass is 10.1. The van der Waals surface area contributed by atoms with Crippen LogP contribution in [0.2, 0.25) is 0 Å². The summed E-state index contributed by atoms with van der Waals surface area (Å²) in [6.07, 6.45) is 0. The predicted octanol–water partition coefficient (Wildman–Crippen LogP) is 3.87. The number of aryl methyl sites for hydroxylation is 1. The molecule has 3 N–H and O–H groups in total. The largest absolute Gasteiger partial charge is 0.377 e. The number of anilines is 1. The summed E-state index contributed by atoms with van der Waals surface area (Å²) in [5, 5.41) is 3.47. The van der Waals surface area contributed by atoms with Crippen molar-refractivity contribution in [3.05, 3.63) is 64.1 Å². The van der Waals surface area contributed by atoms with Crippen molar-refractivity contribution in [1.82, 2.24) is 0 Å². The molecule has 0 bridgehead atoms. The van der Waals surface area contributed by atoms with Crippen molar-refractivity contribution < 1.29 is 0 Å². The molecule has 0 saturated heterocycles. The zero-order valence-electron chi connectivity index (χ0n) is 10.4. The summed E-state index contributed by atoms with van der Waals surface area (Å²) >= 11 is 3.49. The van der Waals surface area contributed by atoms with Crippen molar-refractivity contribution in [2.24, 2.45) is 5.73 Å². The van der Waals surface area contributed by atoms with E-state index in [1.165, 1.54) is 11.1 Å². The van der Waals surface area contributed by atoms with Crippen LogP contribution in [0.4, 0.5) is 5.69 Å². The fraction of sp³-hybridized carbons (Fsp3) is 0.200. The minimum Gasteiger partial charge on any atom is -0.377 e. The van der Waals surface area contributed by atoms with Crippen LogP contribution in [0.5, 0.6) is 0 Å². The van der Waals surface area contributed by atoms with E-state index < -0.39 is 0 Å². The van der Waals surface area contributed by atoms with E-state index in [1.807, 2.05) is 18.2 Å². The van der Waals surface area contributed by atoms with Crippen LogP contribution in [-0.2, 0) is 0 Å². The first-order chi connectivity index (χ1) is 8.69. The highest BCUT2D eigenvalue weighted by Crippen LogP contribution is 2.22. The molecule has 0 saturated carbocycles. The van der Waals surface area contributed by atoms with Crippen LogP contribution in [0.1, 0.15) is 17.2 Å². The van der Waals surface area contributed by atoms with Crippen molar-refractivity contribution >= 4 is 21.6 Å². The number of nitrogens with two attached hydrogens (primary N) is 1. The monoisotopic (exact) mass is 304 g/mol. The molecule has 0 aliphatic heterocycles. The quantitative estimate of drug-likeness (QED) is 0.900. The Labute approximate surface area is 116 Å². The average molecular weight is 305 g/mol. The maximum Gasteiger partial charge on any atom is 0.0636 e. The highest BCUT2D eigenvalue weighted by atomic mass is 79.9. The molecular weight excluding hydrogens is 288 g/mol.